The number of methoxy groups -OCH3 is 1. The first-order valence-corrected chi connectivity index (χ1v) is 8.82. The topological polar surface area (TPSA) is 52.6 Å². The van der Waals surface area contributed by atoms with E-state index in [1.165, 1.54) is 7.11 Å². The fourth-order valence-electron chi connectivity index (χ4n) is 3.90. The Morgan fingerprint density at radius 2 is 2.09 bits per heavy atom. The van der Waals surface area contributed by atoms with Gasteiger partial charge >= 0.3 is 5.97 Å². The summed E-state index contributed by atoms with van der Waals surface area (Å²) < 4.78 is 10.7. The molecule has 4 atom stereocenters. The van der Waals surface area contributed by atoms with Gasteiger partial charge in [-0.1, -0.05) is 39.7 Å². The van der Waals surface area contributed by atoms with Crippen LogP contribution >= 0.6 is 0 Å². The second-order valence-corrected chi connectivity index (χ2v) is 7.52. The second-order valence-electron chi connectivity index (χ2n) is 7.52. The number of hydrogen-bond donors (Lipinski definition) is 0. The zero-order chi connectivity index (χ0) is 17.0. The molecule has 1 saturated carbocycles. The molecule has 4 heteroatoms. The largest absolute Gasteiger partial charge is 0.469 e. The van der Waals surface area contributed by atoms with E-state index in [1.54, 1.807) is 6.08 Å². The van der Waals surface area contributed by atoms with Gasteiger partial charge in [0.15, 0.2) is 5.78 Å². The van der Waals surface area contributed by atoms with Crippen LogP contribution in [0.25, 0.3) is 0 Å². The predicted octanol–water partition coefficient (Wildman–Crippen LogP) is 3.54. The van der Waals surface area contributed by atoms with Gasteiger partial charge in [-0.2, -0.15) is 0 Å². The van der Waals surface area contributed by atoms with Crippen molar-refractivity contribution in [2.75, 3.05) is 13.7 Å². The maximum atomic E-state index is 12.5. The van der Waals surface area contributed by atoms with E-state index in [4.69, 9.17) is 9.47 Å². The fraction of sp³-hybridized carbons (Fsp3) is 0.789. The fourth-order valence-corrected chi connectivity index (χ4v) is 3.90. The van der Waals surface area contributed by atoms with E-state index < -0.39 is 0 Å². The number of rotatable bonds is 7. The number of unbranched alkanes of at least 4 members (excludes halogenated alkanes) is 1. The van der Waals surface area contributed by atoms with Crippen molar-refractivity contribution in [3.8, 4) is 0 Å². The van der Waals surface area contributed by atoms with Crippen LogP contribution in [0.5, 0.6) is 0 Å². The lowest BCUT2D eigenvalue weighted by molar-refractivity contribution is -0.146. The summed E-state index contributed by atoms with van der Waals surface area (Å²) in [6, 6.07) is 0. The maximum Gasteiger partial charge on any atom is 0.309 e. The average molecular weight is 322 g/mol. The molecule has 1 heterocycles. The summed E-state index contributed by atoms with van der Waals surface area (Å²) >= 11 is 0. The number of allylic oxidation sites excluding steroid dienone is 2. The normalized spacial score (nSPS) is 30.6. The van der Waals surface area contributed by atoms with Crippen molar-refractivity contribution in [1.29, 1.82) is 0 Å². The Kier molecular flexibility index (Phi) is 6.01. The molecular weight excluding hydrogens is 292 g/mol. The van der Waals surface area contributed by atoms with Crippen molar-refractivity contribution in [2.45, 2.75) is 59.0 Å². The molecule has 0 aromatic heterocycles. The van der Waals surface area contributed by atoms with Gasteiger partial charge < -0.3 is 9.47 Å². The highest BCUT2D eigenvalue weighted by atomic mass is 16.5. The first kappa shape index (κ1) is 18.2. The van der Waals surface area contributed by atoms with Gasteiger partial charge in [0.2, 0.25) is 0 Å². The van der Waals surface area contributed by atoms with E-state index in [1.807, 2.05) is 19.9 Å². The quantitative estimate of drug-likeness (QED) is 0.531. The van der Waals surface area contributed by atoms with Gasteiger partial charge in [-0.25, -0.2) is 0 Å². The Labute approximate surface area is 139 Å². The highest BCUT2D eigenvalue weighted by Gasteiger charge is 2.48. The molecule has 0 spiro atoms. The van der Waals surface area contributed by atoms with Crippen LogP contribution in [0.4, 0.5) is 0 Å². The molecule has 2 aliphatic rings. The molecule has 0 N–H and O–H groups in total. The van der Waals surface area contributed by atoms with Crippen molar-refractivity contribution in [3.63, 3.8) is 0 Å². The molecule has 2 rings (SSSR count). The minimum Gasteiger partial charge on any atom is -0.469 e. The van der Waals surface area contributed by atoms with Gasteiger partial charge in [0.05, 0.1) is 19.1 Å². The van der Waals surface area contributed by atoms with Gasteiger partial charge in [-0.3, -0.25) is 9.59 Å². The molecule has 0 bridgehead atoms. The first-order valence-electron chi connectivity index (χ1n) is 8.82. The van der Waals surface area contributed by atoms with Gasteiger partial charge in [0, 0.05) is 12.0 Å². The van der Waals surface area contributed by atoms with Crippen LogP contribution in [0, 0.1) is 23.2 Å². The van der Waals surface area contributed by atoms with Crippen LogP contribution in [-0.4, -0.2) is 31.6 Å². The van der Waals surface area contributed by atoms with Crippen LogP contribution in [0.2, 0.25) is 0 Å². The number of carbonyl (C=O) groups excluding carboxylic acids is 2. The zero-order valence-corrected chi connectivity index (χ0v) is 14.8. The van der Waals surface area contributed by atoms with E-state index in [-0.39, 0.29) is 35.1 Å². The highest BCUT2D eigenvalue weighted by molar-refractivity contribution is 5.94. The molecule has 23 heavy (non-hydrogen) atoms. The summed E-state index contributed by atoms with van der Waals surface area (Å²) in [5, 5.41) is 0. The number of ketones is 1. The van der Waals surface area contributed by atoms with E-state index in [9.17, 15) is 9.59 Å². The SMILES string of the molecule is CCCCC(C)(C)C(=O)/C=C/C1C(C(=O)OC)CC2OCCC21. The number of fused-ring (bicyclic) bond motifs is 1. The molecule has 4 unspecified atom stereocenters. The van der Waals surface area contributed by atoms with E-state index in [0.29, 0.717) is 12.3 Å². The Bertz CT molecular complexity index is 466. The Hall–Kier alpha value is -1.16. The summed E-state index contributed by atoms with van der Waals surface area (Å²) in [6.45, 7) is 6.89. The Morgan fingerprint density at radius 3 is 2.74 bits per heavy atom. The predicted molar refractivity (Wildman–Crippen MR) is 88.9 cm³/mol. The molecule has 1 aliphatic carbocycles. The third-order valence-corrected chi connectivity index (χ3v) is 5.50. The second kappa shape index (κ2) is 7.61. The van der Waals surface area contributed by atoms with Gasteiger partial charge in [0.25, 0.3) is 0 Å². The smallest absolute Gasteiger partial charge is 0.309 e. The molecule has 0 aromatic carbocycles. The van der Waals surface area contributed by atoms with Crippen LogP contribution in [0.15, 0.2) is 12.2 Å². The lowest BCUT2D eigenvalue weighted by Gasteiger charge is -2.22. The lowest BCUT2D eigenvalue weighted by atomic mass is 9.81. The van der Waals surface area contributed by atoms with E-state index in [2.05, 4.69) is 6.92 Å². The van der Waals surface area contributed by atoms with Gasteiger partial charge in [0.1, 0.15) is 0 Å². The van der Waals surface area contributed by atoms with Crippen molar-refractivity contribution >= 4 is 11.8 Å². The summed E-state index contributed by atoms with van der Waals surface area (Å²) in [5.74, 6) is 0.174. The number of carbonyl (C=O) groups is 2. The molecule has 1 saturated heterocycles. The molecule has 130 valence electrons. The zero-order valence-electron chi connectivity index (χ0n) is 14.8. The monoisotopic (exact) mass is 322 g/mol. The van der Waals surface area contributed by atoms with Crippen LogP contribution in [0.1, 0.15) is 52.9 Å². The standard InChI is InChI=1S/C19H30O4/c1-5-6-10-19(2,3)17(20)8-7-13-14-9-11-23-16(14)12-15(13)18(21)22-4/h7-8,13-16H,5-6,9-12H2,1-4H3/b8-7+. The van der Waals surface area contributed by atoms with Crippen LogP contribution in [0.3, 0.4) is 0 Å². The molecule has 2 fully saturated rings. The van der Waals surface area contributed by atoms with Crippen molar-refractivity contribution in [2.24, 2.45) is 23.2 Å². The summed E-state index contributed by atoms with van der Waals surface area (Å²) in [6.07, 6.45) is 8.51. The summed E-state index contributed by atoms with van der Waals surface area (Å²) in [4.78, 5) is 24.6. The third-order valence-electron chi connectivity index (χ3n) is 5.50. The highest BCUT2D eigenvalue weighted by Crippen LogP contribution is 2.45. The van der Waals surface area contributed by atoms with E-state index >= 15 is 0 Å². The van der Waals surface area contributed by atoms with E-state index in [0.717, 1.165) is 32.3 Å². The average Bonchev–Trinajstić information content (AvgIpc) is 3.11. The number of ether oxygens (including phenoxy) is 2. The molecular formula is C19H30O4. The molecule has 1 aliphatic heterocycles. The third kappa shape index (κ3) is 4.03. The summed E-state index contributed by atoms with van der Waals surface area (Å²) in [5.41, 5.74) is -0.336. The Balaban J connectivity index is 2.08. The van der Waals surface area contributed by atoms with Crippen LogP contribution in [-0.2, 0) is 19.1 Å². The molecule has 0 radical (unpaired) electrons. The molecule has 0 aromatic rings. The van der Waals surface area contributed by atoms with Crippen molar-refractivity contribution < 1.29 is 19.1 Å². The van der Waals surface area contributed by atoms with Gasteiger partial charge in [-0.15, -0.1) is 0 Å². The Morgan fingerprint density at radius 1 is 1.35 bits per heavy atom. The number of esters is 1. The van der Waals surface area contributed by atoms with Crippen molar-refractivity contribution in [1.82, 2.24) is 0 Å². The minimum absolute atomic E-state index is 0.0564. The number of hydrogen-bond acceptors (Lipinski definition) is 4. The van der Waals surface area contributed by atoms with Gasteiger partial charge in [-0.05, 0) is 37.2 Å². The lowest BCUT2D eigenvalue weighted by Crippen LogP contribution is -2.25. The first-order chi connectivity index (χ1) is 10.9. The maximum absolute atomic E-state index is 12.5. The molecule has 0 amide bonds. The summed E-state index contributed by atoms with van der Waals surface area (Å²) in [7, 11) is 1.43. The van der Waals surface area contributed by atoms with Crippen molar-refractivity contribution in [3.05, 3.63) is 12.2 Å². The minimum atomic E-state index is -0.336. The molecule has 4 nitrogen and oxygen atoms in total. The van der Waals surface area contributed by atoms with Crippen LogP contribution < -0.4 is 0 Å².